The molecule has 0 unspecified atom stereocenters. The van der Waals surface area contributed by atoms with Crippen LogP contribution in [-0.2, 0) is 13.8 Å². The van der Waals surface area contributed by atoms with E-state index in [1.165, 1.54) is 24.4 Å². The Balaban J connectivity index is 1.56. The van der Waals surface area contributed by atoms with E-state index in [1.807, 2.05) is 6.07 Å². The molecule has 11 nitrogen and oxygen atoms in total. The first kappa shape index (κ1) is 20.2. The fourth-order valence-corrected chi connectivity index (χ4v) is 4.21. The number of ether oxygens (including phenoxy) is 1. The molecule has 1 fully saturated rings. The summed E-state index contributed by atoms with van der Waals surface area (Å²) in [5.74, 6) is 0.141. The van der Waals surface area contributed by atoms with Crippen LogP contribution in [0.25, 0.3) is 11.2 Å². The van der Waals surface area contributed by atoms with Crippen LogP contribution in [0.4, 0.5) is 0 Å². The van der Waals surface area contributed by atoms with Gasteiger partial charge in [0.1, 0.15) is 35.0 Å². The number of aromatic nitrogens is 4. The standard InChI is InChI=1S/C16H17N4O7PS/c21-9-2-1-3-10(4-9)29-16-14-15(17-7-18-16)20(8-19-14)13-5-11(22)12(27-13)6-26-28(23,24)25/h1-4,7-8,11-13,21-22H,5-6H2,(H2,23,24,25)/t11-,12+,13+/m0/s1. The summed E-state index contributed by atoms with van der Waals surface area (Å²) < 4.78 is 22.6. The Labute approximate surface area is 168 Å². The number of phosphoric ester groups is 1. The molecule has 13 heteroatoms. The number of phenolic OH excluding ortho intramolecular Hbond substituents is 1. The first-order chi connectivity index (χ1) is 13.8. The summed E-state index contributed by atoms with van der Waals surface area (Å²) in [6.45, 7) is -0.442. The monoisotopic (exact) mass is 440 g/mol. The predicted molar refractivity (Wildman–Crippen MR) is 100 cm³/mol. The van der Waals surface area contributed by atoms with E-state index >= 15 is 0 Å². The van der Waals surface area contributed by atoms with Crippen LogP contribution < -0.4 is 0 Å². The van der Waals surface area contributed by atoms with E-state index in [0.29, 0.717) is 16.2 Å². The first-order valence-corrected chi connectivity index (χ1v) is 10.8. The van der Waals surface area contributed by atoms with Gasteiger partial charge in [-0.25, -0.2) is 19.5 Å². The van der Waals surface area contributed by atoms with E-state index in [1.54, 1.807) is 22.8 Å². The Hall–Kier alpha value is -2.05. The van der Waals surface area contributed by atoms with Crippen molar-refractivity contribution in [2.45, 2.75) is 34.8 Å². The van der Waals surface area contributed by atoms with Gasteiger partial charge in [0.05, 0.1) is 19.0 Å². The van der Waals surface area contributed by atoms with E-state index in [0.717, 1.165) is 4.90 Å². The van der Waals surface area contributed by atoms with Gasteiger partial charge in [0.2, 0.25) is 0 Å². The second-order valence-electron chi connectivity index (χ2n) is 6.32. The molecule has 1 saturated heterocycles. The predicted octanol–water partition coefficient (Wildman–Crippen LogP) is 1.44. The molecule has 0 aliphatic carbocycles. The van der Waals surface area contributed by atoms with Crippen molar-refractivity contribution >= 4 is 30.7 Å². The van der Waals surface area contributed by atoms with E-state index < -0.39 is 32.9 Å². The van der Waals surface area contributed by atoms with Crippen molar-refractivity contribution in [2.24, 2.45) is 0 Å². The van der Waals surface area contributed by atoms with Crippen molar-refractivity contribution in [1.82, 2.24) is 19.5 Å². The lowest BCUT2D eigenvalue weighted by atomic mass is 10.2. The van der Waals surface area contributed by atoms with E-state index in [2.05, 4.69) is 19.5 Å². The average molecular weight is 440 g/mol. The zero-order valence-corrected chi connectivity index (χ0v) is 16.5. The average Bonchev–Trinajstić information content (AvgIpc) is 3.23. The lowest BCUT2D eigenvalue weighted by Gasteiger charge is -2.16. The highest BCUT2D eigenvalue weighted by Crippen LogP contribution is 2.39. The summed E-state index contributed by atoms with van der Waals surface area (Å²) in [5, 5.41) is 20.4. The third kappa shape index (κ3) is 4.59. The van der Waals surface area contributed by atoms with Crippen molar-refractivity contribution < 1.29 is 33.8 Å². The number of aromatic hydroxyl groups is 1. The number of hydrogen-bond acceptors (Lipinski definition) is 9. The SMILES string of the molecule is O=P(O)(O)OC[C@H]1O[C@@H](n2cnc3c(Sc4cccc(O)c4)ncnc32)C[C@@H]1O. The highest BCUT2D eigenvalue weighted by molar-refractivity contribution is 7.99. The molecule has 2 aromatic heterocycles. The fourth-order valence-electron chi connectivity index (χ4n) is 2.98. The van der Waals surface area contributed by atoms with E-state index in [-0.39, 0.29) is 12.2 Å². The molecule has 3 heterocycles. The minimum atomic E-state index is -4.66. The van der Waals surface area contributed by atoms with E-state index in [4.69, 9.17) is 14.5 Å². The smallest absolute Gasteiger partial charge is 0.469 e. The van der Waals surface area contributed by atoms with Gasteiger partial charge in [0, 0.05) is 11.3 Å². The number of nitrogens with zero attached hydrogens (tertiary/aromatic N) is 4. The van der Waals surface area contributed by atoms with Crippen LogP contribution in [0.3, 0.4) is 0 Å². The minimum Gasteiger partial charge on any atom is -0.508 e. The van der Waals surface area contributed by atoms with Crippen molar-refractivity contribution in [3.8, 4) is 5.75 Å². The maximum atomic E-state index is 10.9. The Bertz CT molecular complexity index is 1070. The number of fused-ring (bicyclic) bond motifs is 1. The molecule has 0 radical (unpaired) electrons. The molecule has 1 aliphatic rings. The number of aliphatic hydroxyl groups is 1. The maximum absolute atomic E-state index is 10.9. The summed E-state index contributed by atoms with van der Waals surface area (Å²) in [6.07, 6.45) is 0.578. The Morgan fingerprint density at radius 1 is 1.31 bits per heavy atom. The molecule has 4 N–H and O–H groups in total. The fraction of sp³-hybridized carbons (Fsp3) is 0.312. The number of rotatable bonds is 6. The van der Waals surface area contributed by atoms with Crippen molar-refractivity contribution in [1.29, 1.82) is 0 Å². The summed E-state index contributed by atoms with van der Waals surface area (Å²) in [7, 11) is -4.66. The van der Waals surface area contributed by atoms with Gasteiger partial charge in [-0.1, -0.05) is 17.8 Å². The molecule has 3 atom stereocenters. The topological polar surface area (TPSA) is 160 Å². The van der Waals surface area contributed by atoms with Crippen LogP contribution in [0.5, 0.6) is 5.75 Å². The summed E-state index contributed by atoms with van der Waals surface area (Å²) >= 11 is 1.32. The second kappa shape index (κ2) is 8.00. The maximum Gasteiger partial charge on any atom is 0.469 e. The van der Waals surface area contributed by atoms with Crippen LogP contribution in [0.1, 0.15) is 12.6 Å². The van der Waals surface area contributed by atoms with Crippen molar-refractivity contribution in [2.75, 3.05) is 6.61 Å². The second-order valence-corrected chi connectivity index (χ2v) is 8.62. The van der Waals surface area contributed by atoms with Crippen LogP contribution in [0.15, 0.2) is 46.8 Å². The Morgan fingerprint density at radius 2 is 2.14 bits per heavy atom. The number of phenols is 1. The van der Waals surface area contributed by atoms with Gasteiger partial charge in [-0.15, -0.1) is 0 Å². The van der Waals surface area contributed by atoms with Crippen molar-refractivity contribution in [3.05, 3.63) is 36.9 Å². The Kier molecular flexibility index (Phi) is 5.58. The number of benzene rings is 1. The number of hydrogen-bond donors (Lipinski definition) is 4. The quantitative estimate of drug-likeness (QED) is 0.324. The third-order valence-electron chi connectivity index (χ3n) is 4.28. The number of phosphoric acid groups is 1. The van der Waals surface area contributed by atoms with Gasteiger partial charge in [-0.3, -0.25) is 9.09 Å². The zero-order chi connectivity index (χ0) is 20.6. The molecule has 0 saturated carbocycles. The van der Waals surface area contributed by atoms with Gasteiger partial charge in [-0.05, 0) is 18.2 Å². The van der Waals surface area contributed by atoms with Gasteiger partial charge < -0.3 is 24.7 Å². The van der Waals surface area contributed by atoms with Gasteiger partial charge in [-0.2, -0.15) is 0 Å². The van der Waals surface area contributed by atoms with Crippen LogP contribution in [0, 0.1) is 0 Å². The highest BCUT2D eigenvalue weighted by atomic mass is 32.2. The molecule has 29 heavy (non-hydrogen) atoms. The van der Waals surface area contributed by atoms with Gasteiger partial charge >= 0.3 is 7.82 Å². The van der Waals surface area contributed by atoms with E-state index in [9.17, 15) is 14.8 Å². The molecule has 0 amide bonds. The summed E-state index contributed by atoms with van der Waals surface area (Å²) in [6, 6.07) is 6.74. The van der Waals surface area contributed by atoms with Crippen LogP contribution in [-0.4, -0.2) is 58.3 Å². The number of imidazole rings is 1. The molecule has 3 aromatic rings. The van der Waals surface area contributed by atoms with Crippen LogP contribution in [0.2, 0.25) is 0 Å². The first-order valence-electron chi connectivity index (χ1n) is 8.48. The lowest BCUT2D eigenvalue weighted by molar-refractivity contribution is -0.0424. The van der Waals surface area contributed by atoms with Gasteiger partial charge in [0.15, 0.2) is 5.65 Å². The highest BCUT2D eigenvalue weighted by Gasteiger charge is 2.37. The largest absolute Gasteiger partial charge is 0.508 e. The van der Waals surface area contributed by atoms with Crippen molar-refractivity contribution in [3.63, 3.8) is 0 Å². The molecule has 4 rings (SSSR count). The molecule has 1 aliphatic heterocycles. The summed E-state index contributed by atoms with van der Waals surface area (Å²) in [4.78, 5) is 31.3. The Morgan fingerprint density at radius 3 is 2.90 bits per heavy atom. The molecule has 0 spiro atoms. The third-order valence-corrected chi connectivity index (χ3v) is 5.75. The molecule has 154 valence electrons. The summed E-state index contributed by atoms with van der Waals surface area (Å²) in [5.41, 5.74) is 1.00. The minimum absolute atomic E-state index is 0.141. The molecule has 1 aromatic carbocycles. The zero-order valence-electron chi connectivity index (χ0n) is 14.8. The number of aliphatic hydroxyl groups excluding tert-OH is 1. The molecular weight excluding hydrogens is 423 g/mol. The molecular formula is C16H17N4O7PS. The molecule has 0 bridgehead atoms. The van der Waals surface area contributed by atoms with Gasteiger partial charge in [0.25, 0.3) is 0 Å². The normalized spacial score (nSPS) is 22.4. The van der Waals surface area contributed by atoms with Crippen LogP contribution >= 0.6 is 19.6 Å². The lowest BCUT2D eigenvalue weighted by Crippen LogP contribution is -2.25.